The summed E-state index contributed by atoms with van der Waals surface area (Å²) in [5.74, 6) is 2.81. The van der Waals surface area contributed by atoms with E-state index in [0.717, 1.165) is 18.3 Å². The van der Waals surface area contributed by atoms with Gasteiger partial charge in [-0.3, -0.25) is 0 Å². The van der Waals surface area contributed by atoms with Crippen LogP contribution in [-0.4, -0.2) is 9.97 Å². The molecule has 2 heteroatoms. The van der Waals surface area contributed by atoms with Gasteiger partial charge in [-0.25, -0.2) is 4.98 Å². The van der Waals surface area contributed by atoms with Crippen molar-refractivity contribution in [2.75, 3.05) is 0 Å². The van der Waals surface area contributed by atoms with Crippen LogP contribution in [0, 0.1) is 11.8 Å². The number of aromatic amines is 1. The quantitative estimate of drug-likeness (QED) is 0.808. The van der Waals surface area contributed by atoms with Crippen LogP contribution in [0.2, 0.25) is 0 Å². The number of imidazole rings is 1. The Labute approximate surface area is 92.5 Å². The Bertz CT molecular complexity index is 300. The first-order chi connectivity index (χ1) is 7.20. The van der Waals surface area contributed by atoms with E-state index in [4.69, 9.17) is 4.98 Å². The standard InChI is InChI=1S/C13H22N2/c1-4-5-6-13-14-11-7-9(2)10(3)8-12(11)15-13/h9-10H,4-8H2,1-3H3,(H,14,15). The number of aryl methyl sites for hydroxylation is 1. The molecule has 2 atom stereocenters. The third-order valence-electron chi connectivity index (χ3n) is 3.69. The van der Waals surface area contributed by atoms with Gasteiger partial charge in [-0.1, -0.05) is 27.2 Å². The van der Waals surface area contributed by atoms with Crippen molar-refractivity contribution in [2.45, 2.75) is 52.9 Å². The lowest BCUT2D eigenvalue weighted by Gasteiger charge is -2.24. The van der Waals surface area contributed by atoms with Gasteiger partial charge in [-0.2, -0.15) is 0 Å². The minimum Gasteiger partial charge on any atom is -0.346 e. The van der Waals surface area contributed by atoms with Gasteiger partial charge in [0.05, 0.1) is 5.69 Å². The molecule has 2 unspecified atom stereocenters. The second-order valence-corrected chi connectivity index (χ2v) is 5.08. The minimum atomic E-state index is 0.792. The predicted molar refractivity (Wildman–Crippen MR) is 62.9 cm³/mol. The number of aromatic nitrogens is 2. The summed E-state index contributed by atoms with van der Waals surface area (Å²) in [6, 6.07) is 0. The van der Waals surface area contributed by atoms with Crippen molar-refractivity contribution >= 4 is 0 Å². The summed E-state index contributed by atoms with van der Waals surface area (Å²) >= 11 is 0. The average molecular weight is 206 g/mol. The summed E-state index contributed by atoms with van der Waals surface area (Å²) in [5, 5.41) is 0. The van der Waals surface area contributed by atoms with Crippen LogP contribution in [0.15, 0.2) is 0 Å². The normalized spacial score (nSPS) is 25.3. The van der Waals surface area contributed by atoms with Gasteiger partial charge in [0.2, 0.25) is 0 Å². The van der Waals surface area contributed by atoms with Crippen LogP contribution in [0.4, 0.5) is 0 Å². The highest BCUT2D eigenvalue weighted by atomic mass is 14.9. The summed E-state index contributed by atoms with van der Waals surface area (Å²) in [6.07, 6.45) is 5.97. The summed E-state index contributed by atoms with van der Waals surface area (Å²) in [4.78, 5) is 8.23. The summed E-state index contributed by atoms with van der Waals surface area (Å²) in [5.41, 5.74) is 2.75. The van der Waals surface area contributed by atoms with Crippen molar-refractivity contribution in [2.24, 2.45) is 11.8 Å². The van der Waals surface area contributed by atoms with Gasteiger partial charge in [0, 0.05) is 12.1 Å². The Morgan fingerprint density at radius 2 is 2.00 bits per heavy atom. The Morgan fingerprint density at radius 3 is 2.73 bits per heavy atom. The molecule has 1 aromatic heterocycles. The zero-order valence-electron chi connectivity index (χ0n) is 10.1. The summed E-state index contributed by atoms with van der Waals surface area (Å²) in [6.45, 7) is 6.92. The second-order valence-electron chi connectivity index (χ2n) is 5.08. The van der Waals surface area contributed by atoms with Crippen molar-refractivity contribution in [3.63, 3.8) is 0 Å². The van der Waals surface area contributed by atoms with Crippen molar-refractivity contribution in [3.8, 4) is 0 Å². The highest BCUT2D eigenvalue weighted by Crippen LogP contribution is 2.28. The van der Waals surface area contributed by atoms with E-state index in [9.17, 15) is 0 Å². The maximum atomic E-state index is 4.72. The number of nitrogens with one attached hydrogen (secondary N) is 1. The van der Waals surface area contributed by atoms with Gasteiger partial charge in [-0.05, 0) is 31.1 Å². The van der Waals surface area contributed by atoms with Crippen molar-refractivity contribution in [1.82, 2.24) is 9.97 Å². The van der Waals surface area contributed by atoms with E-state index in [1.807, 2.05) is 0 Å². The number of hydrogen-bond donors (Lipinski definition) is 1. The van der Waals surface area contributed by atoms with Gasteiger partial charge in [-0.15, -0.1) is 0 Å². The molecule has 15 heavy (non-hydrogen) atoms. The molecule has 0 saturated heterocycles. The number of hydrogen-bond acceptors (Lipinski definition) is 1. The zero-order valence-corrected chi connectivity index (χ0v) is 10.1. The maximum Gasteiger partial charge on any atom is 0.106 e. The van der Waals surface area contributed by atoms with E-state index in [1.54, 1.807) is 0 Å². The number of rotatable bonds is 3. The molecule has 2 nitrogen and oxygen atoms in total. The molecule has 0 amide bonds. The number of unbranched alkanes of at least 4 members (excludes halogenated alkanes) is 1. The Balaban J connectivity index is 2.11. The third kappa shape index (κ3) is 2.24. The molecule has 0 fully saturated rings. The van der Waals surface area contributed by atoms with Gasteiger partial charge in [0.25, 0.3) is 0 Å². The van der Waals surface area contributed by atoms with Gasteiger partial charge in [0.1, 0.15) is 5.82 Å². The summed E-state index contributed by atoms with van der Waals surface area (Å²) < 4.78 is 0. The van der Waals surface area contributed by atoms with E-state index < -0.39 is 0 Å². The molecule has 0 radical (unpaired) electrons. The first-order valence-electron chi connectivity index (χ1n) is 6.27. The van der Waals surface area contributed by atoms with Crippen molar-refractivity contribution in [1.29, 1.82) is 0 Å². The number of H-pyrrole nitrogens is 1. The van der Waals surface area contributed by atoms with Crippen LogP contribution < -0.4 is 0 Å². The SMILES string of the molecule is CCCCc1nc2c([nH]1)CC(C)C(C)C2. The topological polar surface area (TPSA) is 28.7 Å². The van der Waals surface area contributed by atoms with Crippen LogP contribution in [0.1, 0.15) is 50.8 Å². The first-order valence-corrected chi connectivity index (χ1v) is 6.27. The van der Waals surface area contributed by atoms with E-state index in [2.05, 4.69) is 25.8 Å². The maximum absolute atomic E-state index is 4.72. The number of nitrogens with zero attached hydrogens (tertiary/aromatic N) is 1. The smallest absolute Gasteiger partial charge is 0.106 e. The third-order valence-corrected chi connectivity index (χ3v) is 3.69. The molecule has 1 heterocycles. The molecule has 84 valence electrons. The Kier molecular flexibility index (Phi) is 3.13. The van der Waals surface area contributed by atoms with Crippen molar-refractivity contribution in [3.05, 3.63) is 17.2 Å². The molecule has 1 aromatic rings. The minimum absolute atomic E-state index is 0.792. The van der Waals surface area contributed by atoms with Gasteiger partial charge >= 0.3 is 0 Å². The van der Waals surface area contributed by atoms with Crippen LogP contribution in [0.3, 0.4) is 0 Å². The van der Waals surface area contributed by atoms with E-state index in [-0.39, 0.29) is 0 Å². The molecule has 0 aliphatic heterocycles. The van der Waals surface area contributed by atoms with E-state index in [1.165, 1.54) is 42.9 Å². The van der Waals surface area contributed by atoms with Crippen molar-refractivity contribution < 1.29 is 0 Å². The molecular formula is C13H22N2. The molecule has 2 rings (SSSR count). The molecule has 1 aliphatic rings. The molecule has 1 N–H and O–H groups in total. The molecule has 0 saturated carbocycles. The predicted octanol–water partition coefficient (Wildman–Crippen LogP) is 3.12. The first kappa shape index (κ1) is 10.7. The second kappa shape index (κ2) is 4.38. The Morgan fingerprint density at radius 1 is 1.27 bits per heavy atom. The molecule has 0 spiro atoms. The fraction of sp³-hybridized carbons (Fsp3) is 0.769. The highest BCUT2D eigenvalue weighted by Gasteiger charge is 2.24. The number of fused-ring (bicyclic) bond motifs is 1. The Hall–Kier alpha value is -0.790. The molecule has 0 bridgehead atoms. The van der Waals surface area contributed by atoms with Gasteiger partial charge < -0.3 is 4.98 Å². The molecule has 0 aromatic carbocycles. The lowest BCUT2D eigenvalue weighted by Crippen LogP contribution is -2.20. The van der Waals surface area contributed by atoms with Crippen LogP contribution >= 0.6 is 0 Å². The van der Waals surface area contributed by atoms with Crippen LogP contribution in [0.5, 0.6) is 0 Å². The average Bonchev–Trinajstić information content (AvgIpc) is 2.58. The fourth-order valence-corrected chi connectivity index (χ4v) is 2.33. The zero-order chi connectivity index (χ0) is 10.8. The van der Waals surface area contributed by atoms with Crippen LogP contribution in [-0.2, 0) is 19.3 Å². The lowest BCUT2D eigenvalue weighted by atomic mass is 9.82. The highest BCUT2D eigenvalue weighted by molar-refractivity contribution is 5.19. The monoisotopic (exact) mass is 206 g/mol. The van der Waals surface area contributed by atoms with Crippen LogP contribution in [0.25, 0.3) is 0 Å². The summed E-state index contributed by atoms with van der Waals surface area (Å²) in [7, 11) is 0. The van der Waals surface area contributed by atoms with E-state index >= 15 is 0 Å². The fourth-order valence-electron chi connectivity index (χ4n) is 2.33. The lowest BCUT2D eigenvalue weighted by molar-refractivity contribution is 0.355. The van der Waals surface area contributed by atoms with E-state index in [0.29, 0.717) is 0 Å². The largest absolute Gasteiger partial charge is 0.346 e. The molecular weight excluding hydrogens is 184 g/mol. The molecule has 1 aliphatic carbocycles. The van der Waals surface area contributed by atoms with Gasteiger partial charge in [0.15, 0.2) is 0 Å².